The number of rotatable bonds is 9. The van der Waals surface area contributed by atoms with Gasteiger partial charge in [-0.3, -0.25) is 4.79 Å². The monoisotopic (exact) mass is 391 g/mol. The Labute approximate surface area is 171 Å². The number of nitrogens with one attached hydrogen (secondary N) is 1. The van der Waals surface area contributed by atoms with Crippen LogP contribution in [0.15, 0.2) is 72.8 Å². The van der Waals surface area contributed by atoms with Crippen molar-refractivity contribution in [2.75, 3.05) is 20.8 Å². The molecule has 29 heavy (non-hydrogen) atoms. The van der Waals surface area contributed by atoms with Gasteiger partial charge in [-0.05, 0) is 41.8 Å². The highest BCUT2D eigenvalue weighted by Crippen LogP contribution is 2.24. The minimum atomic E-state index is -0.136. The number of carbonyl (C=O) groups excluding carboxylic acids is 1. The van der Waals surface area contributed by atoms with Gasteiger partial charge in [-0.2, -0.15) is 0 Å². The first kappa shape index (κ1) is 20.3. The van der Waals surface area contributed by atoms with Gasteiger partial charge in [0.2, 0.25) is 0 Å². The fourth-order valence-electron chi connectivity index (χ4n) is 2.94. The highest BCUT2D eigenvalue weighted by molar-refractivity contribution is 5.94. The van der Waals surface area contributed by atoms with Crippen LogP contribution >= 0.6 is 0 Å². The minimum absolute atomic E-state index is 0.136. The molecule has 1 N–H and O–H groups in total. The smallest absolute Gasteiger partial charge is 0.251 e. The lowest BCUT2D eigenvalue weighted by atomic mass is 10.1. The standard InChI is InChI=1S/C24H25NO4/c1-27-21-12-11-19(23(16-21)28-2)13-14-25-24(26)20-9-6-10-22(15-20)29-17-18-7-4-3-5-8-18/h3-12,15-16H,13-14,17H2,1-2H3,(H,25,26). The summed E-state index contributed by atoms with van der Waals surface area (Å²) in [7, 11) is 3.24. The quantitative estimate of drug-likeness (QED) is 0.592. The van der Waals surface area contributed by atoms with E-state index in [0.717, 1.165) is 22.6 Å². The topological polar surface area (TPSA) is 56.8 Å². The van der Waals surface area contributed by atoms with Crippen LogP contribution in [-0.2, 0) is 13.0 Å². The van der Waals surface area contributed by atoms with Gasteiger partial charge in [-0.25, -0.2) is 0 Å². The summed E-state index contributed by atoms with van der Waals surface area (Å²) < 4.78 is 16.4. The lowest BCUT2D eigenvalue weighted by Crippen LogP contribution is -2.25. The molecule has 0 spiro atoms. The average Bonchev–Trinajstić information content (AvgIpc) is 2.78. The molecular weight excluding hydrogens is 366 g/mol. The molecule has 1 amide bonds. The molecule has 5 heteroatoms. The molecule has 0 radical (unpaired) electrons. The molecule has 0 aliphatic heterocycles. The molecule has 0 fully saturated rings. The van der Waals surface area contributed by atoms with Crippen molar-refractivity contribution in [1.29, 1.82) is 0 Å². The van der Waals surface area contributed by atoms with E-state index in [2.05, 4.69) is 5.32 Å². The lowest BCUT2D eigenvalue weighted by Gasteiger charge is -2.11. The van der Waals surface area contributed by atoms with Crippen LogP contribution in [0.4, 0.5) is 0 Å². The van der Waals surface area contributed by atoms with E-state index in [1.807, 2.05) is 60.7 Å². The molecule has 150 valence electrons. The maximum atomic E-state index is 12.5. The molecule has 0 aliphatic rings. The van der Waals surface area contributed by atoms with Gasteiger partial charge < -0.3 is 19.5 Å². The van der Waals surface area contributed by atoms with Crippen molar-refractivity contribution >= 4 is 5.91 Å². The van der Waals surface area contributed by atoms with Crippen molar-refractivity contribution in [1.82, 2.24) is 5.32 Å². The van der Waals surface area contributed by atoms with E-state index in [1.54, 1.807) is 26.4 Å². The molecule has 0 saturated carbocycles. The number of benzene rings is 3. The number of methoxy groups -OCH3 is 2. The normalized spacial score (nSPS) is 10.3. The second kappa shape index (κ2) is 10.2. The summed E-state index contributed by atoms with van der Waals surface area (Å²) in [4.78, 5) is 12.5. The van der Waals surface area contributed by atoms with E-state index in [0.29, 0.717) is 30.9 Å². The Morgan fingerprint density at radius 1 is 0.862 bits per heavy atom. The second-order valence-corrected chi connectivity index (χ2v) is 6.49. The summed E-state index contributed by atoms with van der Waals surface area (Å²) in [5.41, 5.74) is 2.65. The molecule has 0 aromatic heterocycles. The van der Waals surface area contributed by atoms with Crippen LogP contribution in [0.5, 0.6) is 17.2 Å². The SMILES string of the molecule is COc1ccc(CCNC(=O)c2cccc(OCc3ccccc3)c2)c(OC)c1. The maximum absolute atomic E-state index is 12.5. The Kier molecular flexibility index (Phi) is 7.11. The van der Waals surface area contributed by atoms with E-state index >= 15 is 0 Å². The van der Waals surface area contributed by atoms with Crippen LogP contribution in [0.1, 0.15) is 21.5 Å². The summed E-state index contributed by atoms with van der Waals surface area (Å²) in [5, 5.41) is 2.95. The molecule has 5 nitrogen and oxygen atoms in total. The van der Waals surface area contributed by atoms with Crippen molar-refractivity contribution in [2.45, 2.75) is 13.0 Å². The average molecular weight is 391 g/mol. The first-order chi connectivity index (χ1) is 14.2. The van der Waals surface area contributed by atoms with Gasteiger partial charge in [0.15, 0.2) is 0 Å². The Hall–Kier alpha value is -3.47. The van der Waals surface area contributed by atoms with E-state index < -0.39 is 0 Å². The largest absolute Gasteiger partial charge is 0.497 e. The third-order valence-electron chi connectivity index (χ3n) is 4.52. The van der Waals surface area contributed by atoms with Crippen molar-refractivity contribution in [2.24, 2.45) is 0 Å². The molecule has 0 aliphatic carbocycles. The fraction of sp³-hybridized carbons (Fsp3) is 0.208. The molecular formula is C24H25NO4. The summed E-state index contributed by atoms with van der Waals surface area (Å²) in [6, 6.07) is 22.8. The molecule has 0 saturated heterocycles. The van der Waals surface area contributed by atoms with E-state index in [9.17, 15) is 4.79 Å². The number of amides is 1. The first-order valence-corrected chi connectivity index (χ1v) is 9.45. The van der Waals surface area contributed by atoms with Gasteiger partial charge >= 0.3 is 0 Å². The Balaban J connectivity index is 1.54. The summed E-state index contributed by atoms with van der Waals surface area (Å²) >= 11 is 0. The van der Waals surface area contributed by atoms with E-state index in [1.165, 1.54) is 0 Å². The van der Waals surface area contributed by atoms with Crippen LogP contribution in [0, 0.1) is 0 Å². The number of carbonyl (C=O) groups is 1. The van der Waals surface area contributed by atoms with E-state index in [4.69, 9.17) is 14.2 Å². The minimum Gasteiger partial charge on any atom is -0.497 e. The Bertz CT molecular complexity index is 941. The lowest BCUT2D eigenvalue weighted by molar-refractivity contribution is 0.0953. The van der Waals surface area contributed by atoms with Crippen LogP contribution < -0.4 is 19.5 Å². The predicted molar refractivity (Wildman–Crippen MR) is 113 cm³/mol. The molecule has 0 heterocycles. The Morgan fingerprint density at radius 3 is 2.45 bits per heavy atom. The van der Waals surface area contributed by atoms with Crippen molar-refractivity contribution in [3.05, 3.63) is 89.5 Å². The number of hydrogen-bond donors (Lipinski definition) is 1. The van der Waals surface area contributed by atoms with Crippen molar-refractivity contribution < 1.29 is 19.0 Å². The van der Waals surface area contributed by atoms with Crippen LogP contribution in [-0.4, -0.2) is 26.7 Å². The molecule has 3 rings (SSSR count). The molecule has 0 bridgehead atoms. The summed E-state index contributed by atoms with van der Waals surface area (Å²) in [5.74, 6) is 2.01. The van der Waals surface area contributed by atoms with Crippen LogP contribution in [0.25, 0.3) is 0 Å². The van der Waals surface area contributed by atoms with Gasteiger partial charge in [0.1, 0.15) is 23.9 Å². The highest BCUT2D eigenvalue weighted by Gasteiger charge is 2.09. The molecule has 3 aromatic carbocycles. The number of hydrogen-bond acceptors (Lipinski definition) is 4. The van der Waals surface area contributed by atoms with E-state index in [-0.39, 0.29) is 5.91 Å². The van der Waals surface area contributed by atoms with Crippen molar-refractivity contribution in [3.8, 4) is 17.2 Å². The summed E-state index contributed by atoms with van der Waals surface area (Å²) in [6.07, 6.45) is 0.656. The highest BCUT2D eigenvalue weighted by atomic mass is 16.5. The maximum Gasteiger partial charge on any atom is 0.251 e. The van der Waals surface area contributed by atoms with Crippen molar-refractivity contribution in [3.63, 3.8) is 0 Å². The fourth-order valence-corrected chi connectivity index (χ4v) is 2.94. The van der Waals surface area contributed by atoms with Crippen LogP contribution in [0.2, 0.25) is 0 Å². The molecule has 0 unspecified atom stereocenters. The first-order valence-electron chi connectivity index (χ1n) is 9.45. The third kappa shape index (κ3) is 5.75. The molecule has 3 aromatic rings. The van der Waals surface area contributed by atoms with Gasteiger partial charge in [0.05, 0.1) is 14.2 Å². The second-order valence-electron chi connectivity index (χ2n) is 6.49. The molecule has 0 atom stereocenters. The zero-order valence-electron chi connectivity index (χ0n) is 16.7. The third-order valence-corrected chi connectivity index (χ3v) is 4.52. The Morgan fingerprint density at radius 2 is 1.69 bits per heavy atom. The predicted octanol–water partition coefficient (Wildman–Crippen LogP) is 4.26. The van der Waals surface area contributed by atoms with Gasteiger partial charge in [0.25, 0.3) is 5.91 Å². The van der Waals surface area contributed by atoms with Crippen LogP contribution in [0.3, 0.4) is 0 Å². The van der Waals surface area contributed by atoms with Gasteiger partial charge in [-0.1, -0.05) is 42.5 Å². The zero-order valence-corrected chi connectivity index (χ0v) is 16.7. The summed E-state index contributed by atoms with van der Waals surface area (Å²) in [6.45, 7) is 0.958. The number of ether oxygens (including phenoxy) is 3. The van der Waals surface area contributed by atoms with Gasteiger partial charge in [-0.15, -0.1) is 0 Å². The van der Waals surface area contributed by atoms with Gasteiger partial charge in [0, 0.05) is 18.2 Å². The zero-order chi connectivity index (χ0) is 20.5.